The molecule has 0 spiro atoms. The van der Waals surface area contributed by atoms with E-state index in [1.807, 2.05) is 36.5 Å². The number of hydrazone groups is 1. The van der Waals surface area contributed by atoms with Crippen LogP contribution >= 0.6 is 23.2 Å². The first-order valence-corrected chi connectivity index (χ1v) is 9.09. The Hall–Kier alpha value is -2.55. The molecule has 0 heterocycles. The van der Waals surface area contributed by atoms with Gasteiger partial charge in [-0.3, -0.25) is 0 Å². The summed E-state index contributed by atoms with van der Waals surface area (Å²) in [4.78, 5) is 0. The van der Waals surface area contributed by atoms with Crippen LogP contribution in [0.4, 0.5) is 0 Å². The van der Waals surface area contributed by atoms with E-state index in [1.165, 1.54) is 21.5 Å². The highest BCUT2D eigenvalue weighted by atomic mass is 35.5. The van der Waals surface area contributed by atoms with Crippen LogP contribution in [0.2, 0.25) is 10.0 Å². The van der Waals surface area contributed by atoms with E-state index in [4.69, 9.17) is 23.2 Å². The van der Waals surface area contributed by atoms with E-state index < -0.39 is 0 Å². The summed E-state index contributed by atoms with van der Waals surface area (Å²) in [6.07, 6.45) is 1.87. The van der Waals surface area contributed by atoms with E-state index in [-0.39, 0.29) is 0 Å². The molecule has 0 aliphatic rings. The van der Waals surface area contributed by atoms with Gasteiger partial charge in [0.05, 0.1) is 12.8 Å². The number of rotatable bonds is 4. The van der Waals surface area contributed by atoms with Gasteiger partial charge in [-0.05, 0) is 39.7 Å². The van der Waals surface area contributed by atoms with Gasteiger partial charge in [0.1, 0.15) is 0 Å². The fraction of sp³-hybridized carbons (Fsp3) is 0.0455. The van der Waals surface area contributed by atoms with Crippen molar-refractivity contribution in [1.82, 2.24) is 5.43 Å². The highest BCUT2D eigenvalue weighted by molar-refractivity contribution is 6.36. The molecule has 4 heteroatoms. The van der Waals surface area contributed by atoms with Crippen LogP contribution in [-0.4, -0.2) is 6.21 Å². The number of benzene rings is 4. The number of hydrogen-bond acceptors (Lipinski definition) is 2. The Kier molecular flexibility index (Phi) is 4.79. The molecule has 4 aromatic carbocycles. The summed E-state index contributed by atoms with van der Waals surface area (Å²) in [5.41, 5.74) is 5.00. The predicted octanol–water partition coefficient (Wildman–Crippen LogP) is 6.42. The molecule has 2 nitrogen and oxygen atoms in total. The summed E-state index contributed by atoms with van der Waals surface area (Å²) in [6.45, 7) is 0.470. The first-order valence-electron chi connectivity index (χ1n) is 8.33. The van der Waals surface area contributed by atoms with Crippen LogP contribution in [-0.2, 0) is 6.54 Å². The van der Waals surface area contributed by atoms with Crippen molar-refractivity contribution in [2.24, 2.45) is 5.10 Å². The van der Waals surface area contributed by atoms with E-state index in [0.29, 0.717) is 16.6 Å². The van der Waals surface area contributed by atoms with Gasteiger partial charge in [-0.2, -0.15) is 5.10 Å². The Morgan fingerprint density at radius 2 is 1.35 bits per heavy atom. The number of hydrogen-bond donors (Lipinski definition) is 1. The summed E-state index contributed by atoms with van der Waals surface area (Å²) >= 11 is 12.4. The zero-order chi connectivity index (χ0) is 17.9. The lowest BCUT2D eigenvalue weighted by Gasteiger charge is -2.09. The zero-order valence-electron chi connectivity index (χ0n) is 13.9. The number of nitrogens with zero attached hydrogens (tertiary/aromatic N) is 1. The molecule has 0 aromatic heterocycles. The third-order valence-electron chi connectivity index (χ3n) is 4.42. The molecule has 4 aromatic rings. The van der Waals surface area contributed by atoms with Crippen molar-refractivity contribution in [3.8, 4) is 0 Å². The summed E-state index contributed by atoms with van der Waals surface area (Å²) in [5.74, 6) is 0. The molecule has 0 atom stereocenters. The third kappa shape index (κ3) is 3.26. The molecule has 0 radical (unpaired) electrons. The molecule has 0 bridgehead atoms. The fourth-order valence-corrected chi connectivity index (χ4v) is 3.66. The van der Waals surface area contributed by atoms with Crippen LogP contribution in [0.25, 0.3) is 21.5 Å². The van der Waals surface area contributed by atoms with Gasteiger partial charge in [0.15, 0.2) is 0 Å². The minimum Gasteiger partial charge on any atom is -0.306 e. The fourth-order valence-electron chi connectivity index (χ4n) is 3.12. The standard InChI is InChI=1S/C22H16Cl2N2/c23-21-10-5-11-22(24)20(21)14-26-25-13-19-17-8-3-1-6-15(17)12-16-7-2-4-9-18(16)19/h1-13,26H,14H2/b25-13-. The molecule has 4 rings (SSSR count). The lowest BCUT2D eigenvalue weighted by molar-refractivity contribution is 0.748. The first kappa shape index (κ1) is 16.9. The summed E-state index contributed by atoms with van der Waals surface area (Å²) in [7, 11) is 0. The SMILES string of the molecule is Clc1cccc(Cl)c1CN/N=C\c1c2ccccc2cc2ccccc12. The highest BCUT2D eigenvalue weighted by Gasteiger charge is 2.06. The zero-order valence-corrected chi connectivity index (χ0v) is 15.4. The molecule has 128 valence electrons. The average molecular weight is 379 g/mol. The van der Waals surface area contributed by atoms with Gasteiger partial charge >= 0.3 is 0 Å². The maximum atomic E-state index is 6.21. The van der Waals surface area contributed by atoms with Crippen molar-refractivity contribution in [2.75, 3.05) is 0 Å². The Morgan fingerprint density at radius 3 is 1.96 bits per heavy atom. The van der Waals surface area contributed by atoms with Crippen molar-refractivity contribution >= 4 is 51.0 Å². The lowest BCUT2D eigenvalue weighted by Crippen LogP contribution is -2.07. The van der Waals surface area contributed by atoms with Crippen LogP contribution in [0.3, 0.4) is 0 Å². The van der Waals surface area contributed by atoms with Gasteiger partial charge in [0, 0.05) is 21.2 Å². The van der Waals surface area contributed by atoms with Crippen molar-refractivity contribution < 1.29 is 0 Å². The largest absolute Gasteiger partial charge is 0.306 e. The molecule has 0 aliphatic heterocycles. The van der Waals surface area contributed by atoms with Crippen LogP contribution in [0.15, 0.2) is 77.9 Å². The molecule has 0 saturated heterocycles. The van der Waals surface area contributed by atoms with Gasteiger partial charge in [-0.25, -0.2) is 0 Å². The summed E-state index contributed by atoms with van der Waals surface area (Å²) in [6, 6.07) is 24.4. The molecule has 0 aliphatic carbocycles. The van der Waals surface area contributed by atoms with Gasteiger partial charge in [0.25, 0.3) is 0 Å². The first-order chi connectivity index (χ1) is 12.7. The second-order valence-electron chi connectivity index (χ2n) is 6.03. The van der Waals surface area contributed by atoms with Crippen molar-refractivity contribution in [3.63, 3.8) is 0 Å². The molecule has 1 N–H and O–H groups in total. The Labute approximate surface area is 162 Å². The number of fused-ring (bicyclic) bond motifs is 2. The van der Waals surface area contributed by atoms with E-state index in [9.17, 15) is 0 Å². The van der Waals surface area contributed by atoms with Crippen LogP contribution in [0, 0.1) is 0 Å². The minimum atomic E-state index is 0.470. The minimum absolute atomic E-state index is 0.470. The quantitative estimate of drug-likeness (QED) is 0.247. The maximum absolute atomic E-state index is 6.21. The number of nitrogens with one attached hydrogen (secondary N) is 1. The van der Waals surface area contributed by atoms with Gasteiger partial charge in [-0.15, -0.1) is 0 Å². The molecular formula is C22H16Cl2N2. The predicted molar refractivity (Wildman–Crippen MR) is 112 cm³/mol. The maximum Gasteiger partial charge on any atom is 0.0609 e. The second kappa shape index (κ2) is 7.36. The normalized spacial score (nSPS) is 11.5. The molecule has 0 saturated carbocycles. The average Bonchev–Trinajstić information content (AvgIpc) is 2.66. The van der Waals surface area contributed by atoms with E-state index in [1.54, 1.807) is 0 Å². The molecular weight excluding hydrogens is 363 g/mol. The van der Waals surface area contributed by atoms with Gasteiger partial charge in [0.2, 0.25) is 0 Å². The molecule has 0 unspecified atom stereocenters. The number of halogens is 2. The molecule has 26 heavy (non-hydrogen) atoms. The highest BCUT2D eigenvalue weighted by Crippen LogP contribution is 2.27. The van der Waals surface area contributed by atoms with E-state index in [0.717, 1.165) is 11.1 Å². The van der Waals surface area contributed by atoms with Gasteiger partial charge < -0.3 is 5.43 Å². The van der Waals surface area contributed by atoms with Crippen molar-refractivity contribution in [3.05, 3.63) is 94.0 Å². The summed E-state index contributed by atoms with van der Waals surface area (Å²) in [5, 5.41) is 10.4. The monoisotopic (exact) mass is 378 g/mol. The van der Waals surface area contributed by atoms with Crippen LogP contribution in [0.1, 0.15) is 11.1 Å². The van der Waals surface area contributed by atoms with E-state index in [2.05, 4.69) is 53.0 Å². The summed E-state index contributed by atoms with van der Waals surface area (Å²) < 4.78 is 0. The van der Waals surface area contributed by atoms with Crippen LogP contribution < -0.4 is 5.43 Å². The second-order valence-corrected chi connectivity index (χ2v) is 6.84. The topological polar surface area (TPSA) is 24.4 Å². The Bertz CT molecular complexity index is 1050. The molecule has 0 fully saturated rings. The molecule has 0 amide bonds. The third-order valence-corrected chi connectivity index (χ3v) is 5.12. The Balaban J connectivity index is 1.68. The smallest absolute Gasteiger partial charge is 0.0609 e. The van der Waals surface area contributed by atoms with Crippen LogP contribution in [0.5, 0.6) is 0 Å². The van der Waals surface area contributed by atoms with Crippen molar-refractivity contribution in [1.29, 1.82) is 0 Å². The lowest BCUT2D eigenvalue weighted by atomic mass is 9.97. The Morgan fingerprint density at radius 1 is 0.769 bits per heavy atom. The van der Waals surface area contributed by atoms with E-state index >= 15 is 0 Å². The van der Waals surface area contributed by atoms with Crippen molar-refractivity contribution in [2.45, 2.75) is 6.54 Å². The van der Waals surface area contributed by atoms with Gasteiger partial charge in [-0.1, -0.05) is 77.8 Å².